The van der Waals surface area contributed by atoms with Gasteiger partial charge in [-0.2, -0.15) is 0 Å². The fourth-order valence-electron chi connectivity index (χ4n) is 2.02. The van der Waals surface area contributed by atoms with E-state index in [4.69, 9.17) is 0 Å². The Kier molecular flexibility index (Phi) is 5.09. The molecule has 21 heavy (non-hydrogen) atoms. The second-order valence-corrected chi connectivity index (χ2v) is 8.25. The number of hydrogen-bond acceptors (Lipinski definition) is 2. The topological polar surface area (TPSA) is 35.1 Å². The second kappa shape index (κ2) is 6.65. The third-order valence-electron chi connectivity index (χ3n) is 3.32. The van der Waals surface area contributed by atoms with Crippen molar-refractivity contribution in [2.45, 2.75) is 38.5 Å². The van der Waals surface area contributed by atoms with Crippen molar-refractivity contribution >= 4 is 11.4 Å². The van der Waals surface area contributed by atoms with Crippen molar-refractivity contribution < 1.29 is 4.55 Å². The van der Waals surface area contributed by atoms with Crippen LogP contribution in [0.3, 0.4) is 0 Å². The van der Waals surface area contributed by atoms with Crippen molar-refractivity contribution in [3.8, 4) is 0 Å². The SMILES string of the molecule is Cc1ccc([C@H](N[S+]([O-])C(C)(C)C)c2ccccc2)cc1. The molecular formula is C18H23NOS. The predicted octanol–water partition coefficient (Wildman–Crippen LogP) is 4.14. The van der Waals surface area contributed by atoms with Gasteiger partial charge in [-0.1, -0.05) is 60.2 Å². The molecule has 1 unspecified atom stereocenters. The maximum atomic E-state index is 12.5. The number of rotatable bonds is 4. The first-order valence-electron chi connectivity index (χ1n) is 7.17. The molecule has 0 aliphatic heterocycles. The van der Waals surface area contributed by atoms with Gasteiger partial charge in [0.05, 0.1) is 0 Å². The van der Waals surface area contributed by atoms with Gasteiger partial charge in [-0.05, 0) is 38.8 Å². The molecule has 2 aromatic rings. The molecule has 0 fully saturated rings. The second-order valence-electron chi connectivity index (χ2n) is 6.25. The maximum Gasteiger partial charge on any atom is 0.136 e. The number of aryl methyl sites for hydroxylation is 1. The summed E-state index contributed by atoms with van der Waals surface area (Å²) in [4.78, 5) is 0. The van der Waals surface area contributed by atoms with Crippen molar-refractivity contribution in [1.82, 2.24) is 4.72 Å². The average Bonchev–Trinajstić information content (AvgIpc) is 2.45. The molecule has 0 amide bonds. The highest BCUT2D eigenvalue weighted by Crippen LogP contribution is 2.26. The molecule has 3 heteroatoms. The van der Waals surface area contributed by atoms with Crippen molar-refractivity contribution in [2.24, 2.45) is 0 Å². The molecule has 0 saturated heterocycles. The Morgan fingerprint density at radius 3 is 1.95 bits per heavy atom. The summed E-state index contributed by atoms with van der Waals surface area (Å²) >= 11 is -1.12. The van der Waals surface area contributed by atoms with Crippen LogP contribution in [0.1, 0.15) is 43.5 Å². The highest BCUT2D eigenvalue weighted by Gasteiger charge is 2.30. The fraction of sp³-hybridized carbons (Fsp3) is 0.333. The van der Waals surface area contributed by atoms with Gasteiger partial charge in [0, 0.05) is 11.4 Å². The molecule has 2 rings (SSSR count). The van der Waals surface area contributed by atoms with Gasteiger partial charge in [0.2, 0.25) is 0 Å². The number of nitrogens with one attached hydrogen (secondary N) is 1. The first kappa shape index (κ1) is 16.1. The van der Waals surface area contributed by atoms with Crippen LogP contribution in [0.25, 0.3) is 0 Å². The lowest BCUT2D eigenvalue weighted by Crippen LogP contribution is -2.41. The van der Waals surface area contributed by atoms with E-state index >= 15 is 0 Å². The van der Waals surface area contributed by atoms with Gasteiger partial charge in [0.1, 0.15) is 10.8 Å². The minimum atomic E-state index is -1.12. The van der Waals surface area contributed by atoms with Crippen LogP contribution in [-0.2, 0) is 11.4 Å². The van der Waals surface area contributed by atoms with Crippen molar-refractivity contribution in [3.63, 3.8) is 0 Å². The predicted molar refractivity (Wildman–Crippen MR) is 90.5 cm³/mol. The standard InChI is InChI=1S/C18H23NOS/c1-14-10-12-16(13-11-14)17(15-8-6-5-7-9-15)19-21(20)18(2,3)4/h5-13,17,19H,1-4H3/t17-,21?/m1/s1. The van der Waals surface area contributed by atoms with Crippen LogP contribution in [-0.4, -0.2) is 9.30 Å². The summed E-state index contributed by atoms with van der Waals surface area (Å²) in [5.74, 6) is 0. The van der Waals surface area contributed by atoms with Gasteiger partial charge < -0.3 is 4.55 Å². The summed E-state index contributed by atoms with van der Waals surface area (Å²) in [6.45, 7) is 8.01. The highest BCUT2D eigenvalue weighted by molar-refractivity contribution is 7.90. The number of benzene rings is 2. The molecule has 0 spiro atoms. The highest BCUT2D eigenvalue weighted by atomic mass is 32.2. The van der Waals surface area contributed by atoms with Crippen molar-refractivity contribution in [1.29, 1.82) is 0 Å². The van der Waals surface area contributed by atoms with E-state index in [0.29, 0.717) is 0 Å². The van der Waals surface area contributed by atoms with E-state index < -0.39 is 11.4 Å². The Bertz CT molecular complexity index is 560. The lowest BCUT2D eigenvalue weighted by Gasteiger charge is -2.28. The Hall–Kier alpha value is -1.29. The monoisotopic (exact) mass is 301 g/mol. The minimum absolute atomic E-state index is 0.0631. The van der Waals surface area contributed by atoms with Crippen LogP contribution in [0.5, 0.6) is 0 Å². The van der Waals surface area contributed by atoms with Crippen molar-refractivity contribution in [3.05, 3.63) is 71.3 Å². The van der Waals surface area contributed by atoms with Gasteiger partial charge in [-0.3, -0.25) is 0 Å². The molecule has 2 atom stereocenters. The molecule has 0 heterocycles. The summed E-state index contributed by atoms with van der Waals surface area (Å²) < 4.78 is 15.5. The average molecular weight is 301 g/mol. The first-order chi connectivity index (χ1) is 9.88. The van der Waals surface area contributed by atoms with Crippen LogP contribution >= 0.6 is 0 Å². The van der Waals surface area contributed by atoms with E-state index in [1.165, 1.54) is 5.56 Å². The molecule has 0 saturated carbocycles. The lowest BCUT2D eigenvalue weighted by molar-refractivity contribution is 0.535. The Balaban J connectivity index is 2.33. The smallest absolute Gasteiger partial charge is 0.136 e. The van der Waals surface area contributed by atoms with Crippen LogP contribution in [0.4, 0.5) is 0 Å². The minimum Gasteiger partial charge on any atom is -0.598 e. The Morgan fingerprint density at radius 1 is 0.905 bits per heavy atom. The van der Waals surface area contributed by atoms with E-state index in [9.17, 15) is 4.55 Å². The summed E-state index contributed by atoms with van der Waals surface area (Å²) in [5, 5.41) is 0. The zero-order chi connectivity index (χ0) is 15.5. The molecular weight excluding hydrogens is 278 g/mol. The summed E-state index contributed by atoms with van der Waals surface area (Å²) in [6, 6.07) is 18.5. The lowest BCUT2D eigenvalue weighted by atomic mass is 9.99. The maximum absolute atomic E-state index is 12.5. The summed E-state index contributed by atoms with van der Waals surface area (Å²) in [6.07, 6.45) is 0. The summed E-state index contributed by atoms with van der Waals surface area (Å²) in [7, 11) is 0. The van der Waals surface area contributed by atoms with Gasteiger partial charge in [0.15, 0.2) is 0 Å². The third kappa shape index (κ3) is 4.34. The van der Waals surface area contributed by atoms with Gasteiger partial charge in [0.25, 0.3) is 0 Å². The van der Waals surface area contributed by atoms with E-state index in [1.54, 1.807) is 0 Å². The normalized spacial score (nSPS) is 14.7. The van der Waals surface area contributed by atoms with Crippen molar-refractivity contribution in [2.75, 3.05) is 0 Å². The molecule has 1 N–H and O–H groups in total. The van der Waals surface area contributed by atoms with Gasteiger partial charge >= 0.3 is 0 Å². The molecule has 2 aromatic carbocycles. The van der Waals surface area contributed by atoms with Gasteiger partial charge in [-0.25, -0.2) is 0 Å². The molecule has 0 aliphatic carbocycles. The first-order valence-corrected chi connectivity index (χ1v) is 8.32. The molecule has 0 radical (unpaired) electrons. The van der Waals surface area contributed by atoms with Crippen LogP contribution in [0.15, 0.2) is 54.6 Å². The number of hydrogen-bond donors (Lipinski definition) is 1. The van der Waals surface area contributed by atoms with E-state index in [0.717, 1.165) is 11.1 Å². The van der Waals surface area contributed by atoms with Crippen LogP contribution in [0.2, 0.25) is 0 Å². The molecule has 0 aromatic heterocycles. The van der Waals surface area contributed by atoms with Gasteiger partial charge in [-0.15, -0.1) is 4.72 Å². The van der Waals surface area contributed by atoms with E-state index in [2.05, 4.69) is 48.0 Å². The zero-order valence-electron chi connectivity index (χ0n) is 13.1. The van der Waals surface area contributed by atoms with E-state index in [1.807, 2.05) is 39.0 Å². The van der Waals surface area contributed by atoms with E-state index in [-0.39, 0.29) is 10.8 Å². The molecule has 0 aliphatic rings. The Morgan fingerprint density at radius 2 is 1.43 bits per heavy atom. The molecule has 2 nitrogen and oxygen atoms in total. The quantitative estimate of drug-likeness (QED) is 0.862. The van der Waals surface area contributed by atoms with Crippen LogP contribution < -0.4 is 4.72 Å². The third-order valence-corrected chi connectivity index (χ3v) is 4.89. The summed E-state index contributed by atoms with van der Waals surface area (Å²) in [5.41, 5.74) is 3.48. The Labute approximate surface area is 130 Å². The fourth-order valence-corrected chi connectivity index (χ4v) is 2.86. The molecule has 112 valence electrons. The van der Waals surface area contributed by atoms with Crippen LogP contribution in [0, 0.1) is 6.92 Å². The zero-order valence-corrected chi connectivity index (χ0v) is 13.9. The largest absolute Gasteiger partial charge is 0.598 e. The molecule has 0 bridgehead atoms.